The van der Waals surface area contributed by atoms with Crippen LogP contribution in [0.5, 0.6) is 5.75 Å². The largest absolute Gasteiger partial charge is 0.494 e. The highest BCUT2D eigenvalue weighted by Crippen LogP contribution is 2.31. The van der Waals surface area contributed by atoms with Crippen LogP contribution in [0.2, 0.25) is 0 Å². The first-order chi connectivity index (χ1) is 18.9. The van der Waals surface area contributed by atoms with Crippen molar-refractivity contribution in [1.29, 1.82) is 0 Å². The number of thiazole rings is 1. The van der Waals surface area contributed by atoms with Gasteiger partial charge >= 0.3 is 0 Å². The van der Waals surface area contributed by atoms with Gasteiger partial charge in [-0.25, -0.2) is 4.98 Å². The maximum atomic E-state index is 5.70. The predicted molar refractivity (Wildman–Crippen MR) is 166 cm³/mol. The van der Waals surface area contributed by atoms with Gasteiger partial charge in [-0.2, -0.15) is 0 Å². The Morgan fingerprint density at radius 1 is 0.949 bits per heavy atom. The average molecular weight is 539 g/mol. The lowest BCUT2D eigenvalue weighted by Gasteiger charge is -2.32. The summed E-state index contributed by atoms with van der Waals surface area (Å²) in [5.41, 5.74) is 7.84. The number of hydrogen-bond acceptors (Lipinski definition) is 4. The molecule has 0 aliphatic carbocycles. The van der Waals surface area contributed by atoms with Crippen LogP contribution in [0.4, 0.5) is 0 Å². The Hall–Kier alpha value is -2.95. The molecular formula is C35H42N2OS. The monoisotopic (exact) mass is 538 g/mol. The smallest absolute Gasteiger partial charge is 0.123 e. The third-order valence-electron chi connectivity index (χ3n) is 7.79. The van der Waals surface area contributed by atoms with Gasteiger partial charge in [0.25, 0.3) is 0 Å². The average Bonchev–Trinajstić information content (AvgIpc) is 3.41. The third-order valence-corrected chi connectivity index (χ3v) is 8.73. The molecule has 1 saturated heterocycles. The van der Waals surface area contributed by atoms with E-state index in [1.54, 1.807) is 11.3 Å². The molecule has 0 radical (unpaired) electrons. The zero-order valence-electron chi connectivity index (χ0n) is 24.0. The second kappa shape index (κ2) is 12.5. The quantitative estimate of drug-likeness (QED) is 0.213. The highest BCUT2D eigenvalue weighted by molar-refractivity contribution is 7.13. The van der Waals surface area contributed by atoms with Gasteiger partial charge in [-0.05, 0) is 90.9 Å². The fourth-order valence-electron chi connectivity index (χ4n) is 5.58. The number of ether oxygens (including phenoxy) is 1. The fraction of sp³-hybridized carbons (Fsp3) is 0.400. The molecular weight excluding hydrogens is 496 g/mol. The minimum Gasteiger partial charge on any atom is -0.494 e. The van der Waals surface area contributed by atoms with Crippen LogP contribution in [0.1, 0.15) is 63.8 Å². The van der Waals surface area contributed by atoms with E-state index in [9.17, 15) is 0 Å². The zero-order valence-corrected chi connectivity index (χ0v) is 24.8. The number of piperidine rings is 1. The highest BCUT2D eigenvalue weighted by Gasteiger charge is 2.21. The van der Waals surface area contributed by atoms with Gasteiger partial charge in [0.15, 0.2) is 0 Å². The second-order valence-electron chi connectivity index (χ2n) is 11.9. The summed E-state index contributed by atoms with van der Waals surface area (Å²) in [6, 6.07) is 26.3. The number of nitrogens with zero attached hydrogens (tertiary/aromatic N) is 2. The van der Waals surface area contributed by atoms with Gasteiger partial charge < -0.3 is 4.74 Å². The van der Waals surface area contributed by atoms with Crippen molar-refractivity contribution in [2.75, 3.05) is 19.7 Å². The number of hydrogen-bond donors (Lipinski definition) is 0. The predicted octanol–water partition coefficient (Wildman–Crippen LogP) is 9.02. The lowest BCUT2D eigenvalue weighted by molar-refractivity contribution is 0.160. The molecule has 3 nitrogen and oxygen atoms in total. The third kappa shape index (κ3) is 7.38. The van der Waals surface area contributed by atoms with E-state index in [-0.39, 0.29) is 5.41 Å². The number of rotatable bonds is 9. The Labute approximate surface area is 238 Å². The maximum Gasteiger partial charge on any atom is 0.123 e. The highest BCUT2D eigenvalue weighted by atomic mass is 32.1. The van der Waals surface area contributed by atoms with Crippen LogP contribution in [-0.4, -0.2) is 29.6 Å². The fourth-order valence-corrected chi connectivity index (χ4v) is 6.39. The Morgan fingerprint density at radius 2 is 1.69 bits per heavy atom. The lowest BCUT2D eigenvalue weighted by Crippen LogP contribution is -2.35. The number of likely N-dealkylation sites (tertiary alicyclic amines) is 1. The van der Waals surface area contributed by atoms with Gasteiger partial charge in [0, 0.05) is 24.0 Å². The van der Waals surface area contributed by atoms with Crippen LogP contribution >= 0.6 is 11.3 Å². The van der Waals surface area contributed by atoms with Crippen molar-refractivity contribution in [3.8, 4) is 27.4 Å². The molecule has 0 spiro atoms. The van der Waals surface area contributed by atoms with Crippen molar-refractivity contribution in [2.24, 2.45) is 5.92 Å². The van der Waals surface area contributed by atoms with Crippen LogP contribution in [-0.2, 0) is 18.4 Å². The SMILES string of the molecule is CCOc1cccc(-c2cccc(-c3nc(CN4CCC[C@H](CCc5ccc(C(C)(C)C)cc5)C4)cs3)c2)c1. The van der Waals surface area contributed by atoms with Crippen molar-refractivity contribution < 1.29 is 4.74 Å². The minimum absolute atomic E-state index is 0.219. The normalized spacial score (nSPS) is 16.4. The second-order valence-corrected chi connectivity index (χ2v) is 12.8. The molecule has 204 valence electrons. The molecule has 0 unspecified atom stereocenters. The van der Waals surface area contributed by atoms with E-state index in [1.807, 2.05) is 13.0 Å². The molecule has 1 aromatic heterocycles. The van der Waals surface area contributed by atoms with Gasteiger partial charge in [0.05, 0.1) is 12.3 Å². The summed E-state index contributed by atoms with van der Waals surface area (Å²) in [6.45, 7) is 12.8. The van der Waals surface area contributed by atoms with Crippen LogP contribution < -0.4 is 4.74 Å². The molecule has 1 aliphatic rings. The summed E-state index contributed by atoms with van der Waals surface area (Å²) < 4.78 is 5.70. The molecule has 1 aliphatic heterocycles. The molecule has 0 saturated carbocycles. The van der Waals surface area contributed by atoms with E-state index in [0.29, 0.717) is 6.61 Å². The lowest BCUT2D eigenvalue weighted by atomic mass is 9.86. The first-order valence-electron chi connectivity index (χ1n) is 14.5. The van der Waals surface area contributed by atoms with Crippen molar-refractivity contribution >= 4 is 11.3 Å². The van der Waals surface area contributed by atoms with Crippen LogP contribution in [0.3, 0.4) is 0 Å². The standard InChI is InChI=1S/C35H42N2OS/c1-5-38-33-13-7-11-29(22-33)28-10-6-12-30(21-28)34-36-32(25-39-34)24-37-20-8-9-27(23-37)15-14-26-16-18-31(19-17-26)35(2,3)4/h6-7,10-13,16-19,21-22,25,27H,5,8-9,14-15,20,23-24H2,1-4H3/t27-/m1/s1. The van der Waals surface area contributed by atoms with Gasteiger partial charge in [-0.3, -0.25) is 4.90 Å². The van der Waals surface area contributed by atoms with E-state index in [4.69, 9.17) is 9.72 Å². The summed E-state index contributed by atoms with van der Waals surface area (Å²) in [6.07, 6.45) is 5.07. The van der Waals surface area contributed by atoms with Gasteiger partial charge in [0.1, 0.15) is 10.8 Å². The van der Waals surface area contributed by atoms with Crippen molar-refractivity contribution in [3.05, 3.63) is 95.0 Å². The molecule has 3 aromatic carbocycles. The van der Waals surface area contributed by atoms with E-state index in [2.05, 4.69) is 97.8 Å². The Kier molecular flexibility index (Phi) is 8.84. The Morgan fingerprint density at radius 3 is 2.46 bits per heavy atom. The number of benzene rings is 3. The number of aromatic nitrogens is 1. The molecule has 39 heavy (non-hydrogen) atoms. The van der Waals surface area contributed by atoms with E-state index in [0.717, 1.165) is 23.2 Å². The summed E-state index contributed by atoms with van der Waals surface area (Å²) in [4.78, 5) is 7.67. The zero-order chi connectivity index (χ0) is 27.2. The summed E-state index contributed by atoms with van der Waals surface area (Å²) in [7, 11) is 0. The first-order valence-corrected chi connectivity index (χ1v) is 15.3. The van der Waals surface area contributed by atoms with E-state index >= 15 is 0 Å². The molecule has 0 amide bonds. The molecule has 0 N–H and O–H groups in total. The van der Waals surface area contributed by atoms with Gasteiger partial charge in [-0.1, -0.05) is 75.4 Å². The Balaban J connectivity index is 1.18. The van der Waals surface area contributed by atoms with E-state index in [1.165, 1.54) is 72.3 Å². The number of aryl methyl sites for hydroxylation is 1. The summed E-state index contributed by atoms with van der Waals surface area (Å²) >= 11 is 1.75. The van der Waals surface area contributed by atoms with Crippen molar-refractivity contribution in [3.63, 3.8) is 0 Å². The van der Waals surface area contributed by atoms with E-state index < -0.39 is 0 Å². The first kappa shape index (κ1) is 27.6. The van der Waals surface area contributed by atoms with Crippen LogP contribution in [0, 0.1) is 5.92 Å². The van der Waals surface area contributed by atoms with Crippen molar-refractivity contribution in [2.45, 2.75) is 65.3 Å². The molecule has 5 rings (SSSR count). The summed E-state index contributed by atoms with van der Waals surface area (Å²) in [5, 5.41) is 3.35. The van der Waals surface area contributed by atoms with Gasteiger partial charge in [0.2, 0.25) is 0 Å². The Bertz CT molecular complexity index is 1350. The van der Waals surface area contributed by atoms with Crippen LogP contribution in [0.15, 0.2) is 78.2 Å². The maximum absolute atomic E-state index is 5.70. The molecule has 4 heteroatoms. The summed E-state index contributed by atoms with van der Waals surface area (Å²) in [5.74, 6) is 1.68. The van der Waals surface area contributed by atoms with Gasteiger partial charge in [-0.15, -0.1) is 11.3 Å². The van der Waals surface area contributed by atoms with Crippen molar-refractivity contribution in [1.82, 2.24) is 9.88 Å². The molecule has 1 atom stereocenters. The molecule has 0 bridgehead atoms. The molecule has 2 heterocycles. The minimum atomic E-state index is 0.219. The topological polar surface area (TPSA) is 25.4 Å². The van der Waals surface area contributed by atoms with Crippen LogP contribution in [0.25, 0.3) is 21.7 Å². The molecule has 4 aromatic rings. The molecule has 1 fully saturated rings.